The third kappa shape index (κ3) is 10.4. The molecule has 7 heteroatoms. The summed E-state index contributed by atoms with van der Waals surface area (Å²) in [5.74, 6) is 0.794. The molecule has 42 heavy (non-hydrogen) atoms. The zero-order chi connectivity index (χ0) is 29.7. The highest BCUT2D eigenvalue weighted by molar-refractivity contribution is 6.30. The van der Waals surface area contributed by atoms with E-state index in [0.29, 0.717) is 43.0 Å². The van der Waals surface area contributed by atoms with E-state index in [1.807, 2.05) is 54.6 Å². The molecule has 0 heterocycles. The predicted molar refractivity (Wildman–Crippen MR) is 170 cm³/mol. The van der Waals surface area contributed by atoms with Gasteiger partial charge in [0.25, 0.3) is 0 Å². The van der Waals surface area contributed by atoms with E-state index in [4.69, 9.17) is 32.7 Å². The van der Waals surface area contributed by atoms with Crippen molar-refractivity contribution < 1.29 is 19.7 Å². The van der Waals surface area contributed by atoms with Crippen LogP contribution in [-0.4, -0.2) is 54.1 Å². The molecular weight excluding hydrogens is 569 g/mol. The lowest BCUT2D eigenvalue weighted by Gasteiger charge is -2.33. The molecule has 4 aromatic carbocycles. The highest BCUT2D eigenvalue weighted by Gasteiger charge is 2.23. The Morgan fingerprint density at radius 1 is 0.667 bits per heavy atom. The molecule has 4 aromatic rings. The summed E-state index contributed by atoms with van der Waals surface area (Å²) < 4.78 is 11.6. The zero-order valence-electron chi connectivity index (χ0n) is 23.9. The zero-order valence-corrected chi connectivity index (χ0v) is 25.4. The summed E-state index contributed by atoms with van der Waals surface area (Å²) in [7, 11) is 0. The summed E-state index contributed by atoms with van der Waals surface area (Å²) >= 11 is 12.3. The molecule has 0 bridgehead atoms. The number of rotatable bonds is 16. The molecule has 2 N–H and O–H groups in total. The van der Waals surface area contributed by atoms with Crippen LogP contribution in [0.1, 0.15) is 41.4 Å². The lowest BCUT2D eigenvalue weighted by molar-refractivity contribution is 0.0480. The lowest BCUT2D eigenvalue weighted by atomic mass is 10.0. The van der Waals surface area contributed by atoms with Gasteiger partial charge in [-0.05, 0) is 78.4 Å². The molecule has 0 amide bonds. The number of hydrogen-bond acceptors (Lipinski definition) is 5. The summed E-state index contributed by atoms with van der Waals surface area (Å²) in [4.78, 5) is 2.11. The summed E-state index contributed by atoms with van der Waals surface area (Å²) in [5.41, 5.74) is 3.87. The maximum absolute atomic E-state index is 11.1. The molecule has 4 rings (SSSR count). The van der Waals surface area contributed by atoms with Gasteiger partial charge in [-0.1, -0.05) is 89.9 Å². The maximum Gasteiger partial charge on any atom is 0.119 e. The number of aliphatic hydroxyl groups is 2. The Morgan fingerprint density at radius 3 is 1.83 bits per heavy atom. The van der Waals surface area contributed by atoms with E-state index < -0.39 is 12.2 Å². The van der Waals surface area contributed by atoms with E-state index in [1.165, 1.54) is 5.56 Å². The number of nitrogens with zero attached hydrogens (tertiary/aromatic N) is 1. The molecule has 3 atom stereocenters. The monoisotopic (exact) mass is 607 g/mol. The SMILES string of the molecule is C[C@H](Cc1ccc(OCCOCCc2ccccc2)cc1)N(CC(O)c1cccc(Cl)c1)CC(O)c1cccc(Cl)c1. The van der Waals surface area contributed by atoms with Gasteiger partial charge in [-0.25, -0.2) is 0 Å². The van der Waals surface area contributed by atoms with E-state index in [9.17, 15) is 10.2 Å². The molecule has 0 aliphatic heterocycles. The number of ether oxygens (including phenoxy) is 2. The van der Waals surface area contributed by atoms with Gasteiger partial charge in [-0.2, -0.15) is 0 Å². The lowest BCUT2D eigenvalue weighted by Crippen LogP contribution is -2.40. The van der Waals surface area contributed by atoms with Crippen LogP contribution >= 0.6 is 23.2 Å². The Bertz CT molecular complexity index is 1300. The third-order valence-corrected chi connectivity index (χ3v) is 7.70. The highest BCUT2D eigenvalue weighted by Crippen LogP contribution is 2.25. The minimum atomic E-state index is -0.761. The van der Waals surface area contributed by atoms with E-state index in [0.717, 1.165) is 35.3 Å². The van der Waals surface area contributed by atoms with Gasteiger partial charge >= 0.3 is 0 Å². The van der Waals surface area contributed by atoms with Crippen LogP contribution in [0.5, 0.6) is 5.75 Å². The van der Waals surface area contributed by atoms with Gasteiger partial charge in [0, 0.05) is 29.2 Å². The summed E-state index contributed by atoms with van der Waals surface area (Å²) in [6.07, 6.45) is 0.0940. The fourth-order valence-electron chi connectivity index (χ4n) is 4.86. The van der Waals surface area contributed by atoms with Crippen LogP contribution in [-0.2, 0) is 17.6 Å². The molecule has 0 aromatic heterocycles. The Hall–Kier alpha value is -2.90. The molecule has 0 spiro atoms. The number of aliphatic hydroxyl groups excluding tert-OH is 2. The van der Waals surface area contributed by atoms with Gasteiger partial charge < -0.3 is 19.7 Å². The first-order chi connectivity index (χ1) is 20.4. The third-order valence-electron chi connectivity index (χ3n) is 7.23. The normalized spacial score (nSPS) is 13.6. The average Bonchev–Trinajstić information content (AvgIpc) is 2.99. The van der Waals surface area contributed by atoms with Crippen LogP contribution in [0.4, 0.5) is 0 Å². The molecular formula is C35H39Cl2NO4. The van der Waals surface area contributed by atoms with Crippen LogP contribution in [0.25, 0.3) is 0 Å². The van der Waals surface area contributed by atoms with Crippen LogP contribution in [0.3, 0.4) is 0 Å². The molecule has 0 radical (unpaired) electrons. The fraction of sp³-hybridized carbons (Fsp3) is 0.314. The molecule has 5 nitrogen and oxygen atoms in total. The van der Waals surface area contributed by atoms with Crippen molar-refractivity contribution in [1.29, 1.82) is 0 Å². The molecule has 0 saturated carbocycles. The minimum absolute atomic E-state index is 0.0254. The summed E-state index contributed by atoms with van der Waals surface area (Å²) in [5, 5.41) is 23.3. The molecule has 0 aliphatic rings. The molecule has 222 valence electrons. The van der Waals surface area contributed by atoms with E-state index >= 15 is 0 Å². The molecule has 0 fully saturated rings. The van der Waals surface area contributed by atoms with Crippen LogP contribution in [0.15, 0.2) is 103 Å². The van der Waals surface area contributed by atoms with Gasteiger partial charge in [-0.15, -0.1) is 0 Å². The van der Waals surface area contributed by atoms with Crippen LogP contribution in [0, 0.1) is 0 Å². The fourth-order valence-corrected chi connectivity index (χ4v) is 5.26. The van der Waals surface area contributed by atoms with Crippen LogP contribution in [0.2, 0.25) is 10.0 Å². The van der Waals surface area contributed by atoms with Crippen molar-refractivity contribution in [2.24, 2.45) is 0 Å². The second kappa shape index (κ2) is 16.7. The first-order valence-electron chi connectivity index (χ1n) is 14.3. The van der Waals surface area contributed by atoms with Crippen molar-refractivity contribution in [1.82, 2.24) is 4.90 Å². The van der Waals surface area contributed by atoms with Crippen molar-refractivity contribution in [3.8, 4) is 5.75 Å². The number of benzene rings is 4. The van der Waals surface area contributed by atoms with E-state index in [1.54, 1.807) is 24.3 Å². The predicted octanol–water partition coefficient (Wildman–Crippen LogP) is 7.33. The van der Waals surface area contributed by atoms with Crippen molar-refractivity contribution >= 4 is 23.2 Å². The van der Waals surface area contributed by atoms with Crippen molar-refractivity contribution in [2.45, 2.75) is 38.0 Å². The van der Waals surface area contributed by atoms with Gasteiger partial charge in [0.05, 0.1) is 25.4 Å². The Labute approximate surface area is 259 Å². The van der Waals surface area contributed by atoms with Gasteiger partial charge in [0.15, 0.2) is 0 Å². The van der Waals surface area contributed by atoms with Crippen molar-refractivity contribution in [2.75, 3.05) is 32.9 Å². The highest BCUT2D eigenvalue weighted by atomic mass is 35.5. The largest absolute Gasteiger partial charge is 0.491 e. The van der Waals surface area contributed by atoms with Gasteiger partial charge in [0.2, 0.25) is 0 Å². The number of hydrogen-bond donors (Lipinski definition) is 2. The maximum atomic E-state index is 11.1. The average molecular weight is 609 g/mol. The molecule has 0 aliphatic carbocycles. The summed E-state index contributed by atoms with van der Waals surface area (Å²) in [6, 6.07) is 32.9. The minimum Gasteiger partial charge on any atom is -0.491 e. The van der Waals surface area contributed by atoms with Crippen molar-refractivity contribution in [3.63, 3.8) is 0 Å². The second-order valence-corrected chi connectivity index (χ2v) is 11.4. The van der Waals surface area contributed by atoms with E-state index in [-0.39, 0.29) is 6.04 Å². The number of halogens is 2. The Morgan fingerprint density at radius 2 is 1.26 bits per heavy atom. The first-order valence-corrected chi connectivity index (χ1v) is 15.1. The second-order valence-electron chi connectivity index (χ2n) is 10.5. The standard InChI is InChI=1S/C35H39Cl2NO4/c1-26(21-28-13-15-33(16-14-28)42-20-19-41-18-17-27-7-3-2-4-8-27)38(24-34(39)29-9-5-11-31(36)22-29)25-35(40)30-10-6-12-32(37)23-30/h2-16,22-23,26,34-35,39-40H,17-21,24-25H2,1H3/t26-,34?,35?/m1/s1. The summed E-state index contributed by atoms with van der Waals surface area (Å²) in [6.45, 7) is 4.46. The smallest absolute Gasteiger partial charge is 0.119 e. The van der Waals surface area contributed by atoms with E-state index in [2.05, 4.69) is 36.1 Å². The van der Waals surface area contributed by atoms with Gasteiger partial charge in [0.1, 0.15) is 12.4 Å². The van der Waals surface area contributed by atoms with Crippen molar-refractivity contribution in [3.05, 3.63) is 135 Å². The molecule has 2 unspecified atom stereocenters. The molecule has 0 saturated heterocycles. The Balaban J connectivity index is 1.31. The van der Waals surface area contributed by atoms with Gasteiger partial charge in [-0.3, -0.25) is 4.90 Å². The topological polar surface area (TPSA) is 62.2 Å². The quantitative estimate of drug-likeness (QED) is 0.131. The Kier molecular flexibility index (Phi) is 12.7. The van der Waals surface area contributed by atoms with Crippen LogP contribution < -0.4 is 4.74 Å². The first kappa shape index (κ1) is 32.0.